The van der Waals surface area contributed by atoms with Crippen LogP contribution >= 0.6 is 0 Å². The molecule has 0 aliphatic heterocycles. The fourth-order valence-corrected chi connectivity index (χ4v) is 2.29. The Kier molecular flexibility index (Phi) is 7.80. The van der Waals surface area contributed by atoms with Crippen LogP contribution in [-0.4, -0.2) is 12.5 Å². The number of carbonyl (C=O) groups is 1. The number of nitrogens with one attached hydrogen (secondary N) is 1. The second-order valence-corrected chi connectivity index (χ2v) is 5.50. The van der Waals surface area contributed by atoms with E-state index < -0.39 is 0 Å². The summed E-state index contributed by atoms with van der Waals surface area (Å²) in [5, 5.41) is 2.92. The summed E-state index contributed by atoms with van der Waals surface area (Å²) in [4.78, 5) is 16.6. The summed E-state index contributed by atoms with van der Waals surface area (Å²) < 4.78 is 5.84. The summed E-state index contributed by atoms with van der Waals surface area (Å²) in [6, 6.07) is 17.4. The van der Waals surface area contributed by atoms with Crippen molar-refractivity contribution < 1.29 is 14.4 Å². The van der Waals surface area contributed by atoms with E-state index in [4.69, 9.17) is 10.6 Å². The van der Waals surface area contributed by atoms with Gasteiger partial charge < -0.3 is 14.9 Å². The molecule has 0 unspecified atom stereocenters. The lowest BCUT2D eigenvalue weighted by molar-refractivity contribution is -0.116. The average Bonchev–Trinajstić information content (AvgIpc) is 2.62. The first-order chi connectivity index (χ1) is 11.8. The quantitative estimate of drug-likeness (QED) is 0.516. The lowest BCUT2D eigenvalue weighted by atomic mass is 10.2. The molecule has 0 aromatic heterocycles. The summed E-state index contributed by atoms with van der Waals surface area (Å²) in [5.41, 5.74) is 1.78. The monoisotopic (exact) mass is 328 g/mol. The molecule has 0 heterocycles. The number of nitrogens with two attached hydrogens (primary N) is 1. The maximum atomic E-state index is 12.0. The van der Waals surface area contributed by atoms with Gasteiger partial charge in [-0.1, -0.05) is 48.9 Å². The summed E-state index contributed by atoms with van der Waals surface area (Å²) in [7, 11) is 0. The van der Waals surface area contributed by atoms with Gasteiger partial charge in [0.2, 0.25) is 5.91 Å². The molecule has 0 aliphatic rings. The minimum atomic E-state index is -0.0144. The van der Waals surface area contributed by atoms with Crippen LogP contribution < -0.4 is 16.0 Å². The number of benzene rings is 2. The topological polar surface area (TPSA) is 73.6 Å². The van der Waals surface area contributed by atoms with Crippen LogP contribution in [0.3, 0.4) is 0 Å². The Hall–Kier alpha value is -2.37. The maximum absolute atomic E-state index is 12.0. The molecule has 0 radical (unpaired) electrons. The molecule has 0 aliphatic carbocycles. The first kappa shape index (κ1) is 18.0. The molecule has 128 valence electrons. The van der Waals surface area contributed by atoms with Crippen LogP contribution in [-0.2, 0) is 16.2 Å². The smallest absolute Gasteiger partial charge is 0.224 e. The molecule has 24 heavy (non-hydrogen) atoms. The molecule has 0 fully saturated rings. The number of hydrogen-bond donors (Lipinski definition) is 2. The van der Waals surface area contributed by atoms with E-state index in [1.807, 2.05) is 54.6 Å². The second-order valence-electron chi connectivity index (χ2n) is 5.50. The SMILES string of the molecule is NOCCCCCC(=O)Nc1ccccc1OCc1ccccc1. The lowest BCUT2D eigenvalue weighted by Crippen LogP contribution is -2.12. The van der Waals surface area contributed by atoms with Crippen molar-refractivity contribution in [1.82, 2.24) is 0 Å². The highest BCUT2D eigenvalue weighted by Crippen LogP contribution is 2.25. The highest BCUT2D eigenvalue weighted by Gasteiger charge is 2.07. The number of unbranched alkanes of at least 4 members (excludes halogenated alkanes) is 2. The van der Waals surface area contributed by atoms with Gasteiger partial charge >= 0.3 is 0 Å². The van der Waals surface area contributed by atoms with Gasteiger partial charge in [-0.25, -0.2) is 5.90 Å². The number of carbonyl (C=O) groups excluding carboxylic acids is 1. The minimum absolute atomic E-state index is 0.0144. The Morgan fingerprint density at radius 2 is 1.71 bits per heavy atom. The van der Waals surface area contributed by atoms with Crippen LogP contribution in [0.15, 0.2) is 54.6 Å². The fourth-order valence-electron chi connectivity index (χ4n) is 2.29. The van der Waals surface area contributed by atoms with Gasteiger partial charge in [-0.2, -0.15) is 0 Å². The Morgan fingerprint density at radius 3 is 2.50 bits per heavy atom. The molecule has 0 spiro atoms. The van der Waals surface area contributed by atoms with Gasteiger partial charge in [0, 0.05) is 6.42 Å². The van der Waals surface area contributed by atoms with E-state index in [1.54, 1.807) is 0 Å². The number of ether oxygens (including phenoxy) is 1. The van der Waals surface area contributed by atoms with Crippen LogP contribution in [0.1, 0.15) is 31.2 Å². The molecule has 3 N–H and O–H groups in total. The Morgan fingerprint density at radius 1 is 0.958 bits per heavy atom. The lowest BCUT2D eigenvalue weighted by Gasteiger charge is -2.12. The van der Waals surface area contributed by atoms with Gasteiger partial charge in [0.1, 0.15) is 12.4 Å². The van der Waals surface area contributed by atoms with Gasteiger partial charge in [-0.3, -0.25) is 4.79 Å². The molecular formula is C19H24N2O3. The molecule has 2 rings (SSSR count). The van der Waals surface area contributed by atoms with Crippen molar-refractivity contribution in [3.8, 4) is 5.75 Å². The van der Waals surface area contributed by atoms with Crippen molar-refractivity contribution in [1.29, 1.82) is 0 Å². The fraction of sp³-hybridized carbons (Fsp3) is 0.316. The first-order valence-corrected chi connectivity index (χ1v) is 8.17. The first-order valence-electron chi connectivity index (χ1n) is 8.17. The molecule has 0 saturated heterocycles. The van der Waals surface area contributed by atoms with E-state index in [1.165, 1.54) is 0 Å². The average molecular weight is 328 g/mol. The zero-order valence-corrected chi connectivity index (χ0v) is 13.7. The third-order valence-corrected chi connectivity index (χ3v) is 3.56. The van der Waals surface area contributed by atoms with Gasteiger partial charge in [0.15, 0.2) is 0 Å². The Bertz CT molecular complexity index is 617. The molecule has 2 aromatic rings. The van der Waals surface area contributed by atoms with Gasteiger partial charge in [-0.15, -0.1) is 0 Å². The van der Waals surface area contributed by atoms with Crippen LogP contribution in [0.4, 0.5) is 5.69 Å². The largest absolute Gasteiger partial charge is 0.487 e. The molecular weight excluding hydrogens is 304 g/mol. The van der Waals surface area contributed by atoms with Crippen molar-refractivity contribution in [2.24, 2.45) is 5.90 Å². The van der Waals surface area contributed by atoms with Crippen molar-refractivity contribution in [3.63, 3.8) is 0 Å². The Balaban J connectivity index is 1.83. The van der Waals surface area contributed by atoms with E-state index in [2.05, 4.69) is 10.2 Å². The standard InChI is InChI=1S/C19H24N2O3/c20-24-14-8-2-5-13-19(22)21-17-11-6-7-12-18(17)23-15-16-9-3-1-4-10-16/h1,3-4,6-7,9-12H,2,5,8,13-15,20H2,(H,21,22). The van der Waals surface area contributed by atoms with Crippen molar-refractivity contribution in [2.75, 3.05) is 11.9 Å². The summed E-state index contributed by atoms with van der Waals surface area (Å²) >= 11 is 0. The van der Waals surface area contributed by atoms with Crippen molar-refractivity contribution >= 4 is 11.6 Å². The van der Waals surface area contributed by atoms with Gasteiger partial charge in [0.25, 0.3) is 0 Å². The predicted molar refractivity (Wildman–Crippen MR) is 94.5 cm³/mol. The number of hydrogen-bond acceptors (Lipinski definition) is 4. The van der Waals surface area contributed by atoms with Crippen LogP contribution in [0.5, 0.6) is 5.75 Å². The van der Waals surface area contributed by atoms with Crippen LogP contribution in [0.2, 0.25) is 0 Å². The molecule has 0 saturated carbocycles. The van der Waals surface area contributed by atoms with Crippen LogP contribution in [0, 0.1) is 0 Å². The molecule has 2 aromatic carbocycles. The predicted octanol–water partition coefficient (Wildman–Crippen LogP) is 3.65. The number of anilines is 1. The normalized spacial score (nSPS) is 10.4. The third-order valence-electron chi connectivity index (χ3n) is 3.56. The number of rotatable bonds is 10. The number of para-hydroxylation sites is 2. The third kappa shape index (κ3) is 6.40. The van der Waals surface area contributed by atoms with E-state index >= 15 is 0 Å². The van der Waals surface area contributed by atoms with E-state index in [-0.39, 0.29) is 5.91 Å². The summed E-state index contributed by atoms with van der Waals surface area (Å²) in [6.45, 7) is 0.991. The molecule has 0 atom stereocenters. The molecule has 1 amide bonds. The molecule has 5 heteroatoms. The van der Waals surface area contributed by atoms with Gasteiger partial charge in [-0.05, 0) is 30.5 Å². The highest BCUT2D eigenvalue weighted by molar-refractivity contribution is 5.92. The maximum Gasteiger partial charge on any atom is 0.224 e. The summed E-state index contributed by atoms with van der Waals surface area (Å²) in [5.74, 6) is 5.62. The highest BCUT2D eigenvalue weighted by atomic mass is 16.6. The van der Waals surface area contributed by atoms with Crippen molar-refractivity contribution in [2.45, 2.75) is 32.3 Å². The molecule has 0 bridgehead atoms. The van der Waals surface area contributed by atoms with Gasteiger partial charge in [0.05, 0.1) is 12.3 Å². The zero-order valence-electron chi connectivity index (χ0n) is 13.7. The van der Waals surface area contributed by atoms with Crippen molar-refractivity contribution in [3.05, 3.63) is 60.2 Å². The van der Waals surface area contributed by atoms with Crippen LogP contribution in [0.25, 0.3) is 0 Å². The van der Waals surface area contributed by atoms with E-state index in [9.17, 15) is 4.79 Å². The Labute approximate surface area is 142 Å². The summed E-state index contributed by atoms with van der Waals surface area (Å²) in [6.07, 6.45) is 3.05. The number of amides is 1. The van der Waals surface area contributed by atoms with E-state index in [0.29, 0.717) is 31.1 Å². The minimum Gasteiger partial charge on any atom is -0.487 e. The van der Waals surface area contributed by atoms with E-state index in [0.717, 1.165) is 24.8 Å². The second kappa shape index (κ2) is 10.4. The molecule has 5 nitrogen and oxygen atoms in total. The zero-order chi connectivity index (χ0) is 17.0.